The van der Waals surface area contributed by atoms with Gasteiger partial charge < -0.3 is 10.6 Å². The summed E-state index contributed by atoms with van der Waals surface area (Å²) in [4.78, 5) is 11.7. The smallest absolute Gasteiger partial charge is 0.238 e. The number of carbonyl (C=O) groups excluding carboxylic acids is 1. The lowest BCUT2D eigenvalue weighted by Crippen LogP contribution is -2.37. The van der Waals surface area contributed by atoms with Crippen molar-refractivity contribution in [3.05, 3.63) is 30.3 Å². The van der Waals surface area contributed by atoms with Crippen LogP contribution in [0.3, 0.4) is 0 Å². The summed E-state index contributed by atoms with van der Waals surface area (Å²) in [5, 5.41) is 6.07. The second-order valence-electron chi connectivity index (χ2n) is 5.66. The SMILES string of the molecule is CC(C)C(C)(C)CNCC(=O)Nc1ccccc1. The lowest BCUT2D eigenvalue weighted by atomic mass is 9.81. The van der Waals surface area contributed by atoms with Gasteiger partial charge in [0.2, 0.25) is 5.91 Å². The Bertz CT molecular complexity index is 371. The molecule has 0 bridgehead atoms. The molecular formula is C15H24N2O. The van der Waals surface area contributed by atoms with Crippen LogP contribution < -0.4 is 10.6 Å². The fourth-order valence-electron chi connectivity index (χ4n) is 1.43. The monoisotopic (exact) mass is 248 g/mol. The molecular weight excluding hydrogens is 224 g/mol. The summed E-state index contributed by atoms with van der Waals surface area (Å²) < 4.78 is 0. The summed E-state index contributed by atoms with van der Waals surface area (Å²) >= 11 is 0. The Labute approximate surface area is 110 Å². The van der Waals surface area contributed by atoms with Gasteiger partial charge in [-0.25, -0.2) is 0 Å². The summed E-state index contributed by atoms with van der Waals surface area (Å²) in [5.41, 5.74) is 1.04. The number of benzene rings is 1. The summed E-state index contributed by atoms with van der Waals surface area (Å²) in [5.74, 6) is 0.586. The van der Waals surface area contributed by atoms with Crippen LogP contribution in [0.15, 0.2) is 30.3 Å². The van der Waals surface area contributed by atoms with Gasteiger partial charge in [-0.2, -0.15) is 0 Å². The van der Waals surface area contributed by atoms with E-state index in [4.69, 9.17) is 0 Å². The third-order valence-electron chi connectivity index (χ3n) is 3.49. The molecule has 0 radical (unpaired) electrons. The van der Waals surface area contributed by atoms with Crippen LogP contribution in [0.1, 0.15) is 27.7 Å². The number of anilines is 1. The van der Waals surface area contributed by atoms with Gasteiger partial charge in [0.05, 0.1) is 6.54 Å². The molecule has 0 aliphatic carbocycles. The van der Waals surface area contributed by atoms with E-state index in [2.05, 4.69) is 38.3 Å². The molecule has 3 nitrogen and oxygen atoms in total. The molecule has 1 amide bonds. The summed E-state index contributed by atoms with van der Waals surface area (Å²) in [6.45, 7) is 10.0. The Balaban J connectivity index is 2.30. The first-order valence-corrected chi connectivity index (χ1v) is 6.47. The van der Waals surface area contributed by atoms with Gasteiger partial charge in [0.1, 0.15) is 0 Å². The Morgan fingerprint density at radius 1 is 1.22 bits per heavy atom. The second kappa shape index (κ2) is 6.55. The van der Waals surface area contributed by atoms with Gasteiger partial charge in [0.25, 0.3) is 0 Å². The van der Waals surface area contributed by atoms with Gasteiger partial charge in [0, 0.05) is 12.2 Å². The zero-order valence-electron chi connectivity index (χ0n) is 11.8. The van der Waals surface area contributed by atoms with E-state index in [1.54, 1.807) is 0 Å². The first-order valence-electron chi connectivity index (χ1n) is 6.47. The average molecular weight is 248 g/mol. The molecule has 18 heavy (non-hydrogen) atoms. The molecule has 1 aromatic carbocycles. The zero-order valence-corrected chi connectivity index (χ0v) is 11.8. The van der Waals surface area contributed by atoms with Crippen molar-refractivity contribution in [2.24, 2.45) is 11.3 Å². The maximum Gasteiger partial charge on any atom is 0.238 e. The maximum atomic E-state index is 11.7. The van der Waals surface area contributed by atoms with Crippen LogP contribution in [-0.2, 0) is 4.79 Å². The highest BCUT2D eigenvalue weighted by molar-refractivity contribution is 5.92. The van der Waals surface area contributed by atoms with E-state index in [9.17, 15) is 4.79 Å². The fourth-order valence-corrected chi connectivity index (χ4v) is 1.43. The summed E-state index contributed by atoms with van der Waals surface area (Å²) in [6, 6.07) is 9.51. The van der Waals surface area contributed by atoms with E-state index >= 15 is 0 Å². The van der Waals surface area contributed by atoms with Crippen molar-refractivity contribution >= 4 is 11.6 Å². The molecule has 0 aliphatic heterocycles. The van der Waals surface area contributed by atoms with E-state index in [-0.39, 0.29) is 11.3 Å². The first kappa shape index (κ1) is 14.7. The number of nitrogens with one attached hydrogen (secondary N) is 2. The van der Waals surface area contributed by atoms with Crippen molar-refractivity contribution in [2.75, 3.05) is 18.4 Å². The van der Waals surface area contributed by atoms with Crippen molar-refractivity contribution in [1.82, 2.24) is 5.32 Å². The largest absolute Gasteiger partial charge is 0.325 e. The van der Waals surface area contributed by atoms with Crippen molar-refractivity contribution in [1.29, 1.82) is 0 Å². The molecule has 0 saturated heterocycles. The molecule has 3 heteroatoms. The van der Waals surface area contributed by atoms with Crippen molar-refractivity contribution < 1.29 is 4.79 Å². The standard InChI is InChI=1S/C15H24N2O/c1-12(2)15(3,4)11-16-10-14(18)17-13-8-6-5-7-9-13/h5-9,12,16H,10-11H2,1-4H3,(H,17,18). The van der Waals surface area contributed by atoms with E-state index in [1.165, 1.54) is 0 Å². The highest BCUT2D eigenvalue weighted by Gasteiger charge is 2.21. The molecule has 100 valence electrons. The highest BCUT2D eigenvalue weighted by atomic mass is 16.1. The third-order valence-corrected chi connectivity index (χ3v) is 3.49. The van der Waals surface area contributed by atoms with Crippen LogP contribution in [0.2, 0.25) is 0 Å². The number of rotatable bonds is 6. The maximum absolute atomic E-state index is 11.7. The van der Waals surface area contributed by atoms with Crippen molar-refractivity contribution in [3.8, 4) is 0 Å². The molecule has 0 saturated carbocycles. The summed E-state index contributed by atoms with van der Waals surface area (Å²) in [7, 11) is 0. The van der Waals surface area contributed by atoms with Gasteiger partial charge in [-0.1, -0.05) is 45.9 Å². The lowest BCUT2D eigenvalue weighted by Gasteiger charge is -2.29. The molecule has 0 atom stereocenters. The molecule has 0 unspecified atom stereocenters. The fraction of sp³-hybridized carbons (Fsp3) is 0.533. The highest BCUT2D eigenvalue weighted by Crippen LogP contribution is 2.24. The number of hydrogen-bond acceptors (Lipinski definition) is 2. The van der Waals surface area contributed by atoms with Crippen LogP contribution in [0, 0.1) is 11.3 Å². The van der Waals surface area contributed by atoms with Gasteiger partial charge in [-0.05, 0) is 23.5 Å². The summed E-state index contributed by atoms with van der Waals surface area (Å²) in [6.07, 6.45) is 0. The molecule has 0 aliphatic rings. The molecule has 2 N–H and O–H groups in total. The first-order chi connectivity index (χ1) is 8.42. The third kappa shape index (κ3) is 4.88. The predicted molar refractivity (Wildman–Crippen MR) is 76.6 cm³/mol. The van der Waals surface area contributed by atoms with Gasteiger partial charge in [0.15, 0.2) is 0 Å². The predicted octanol–water partition coefficient (Wildman–Crippen LogP) is 2.90. The minimum absolute atomic E-state index is 0.000700. The van der Waals surface area contributed by atoms with E-state index in [1.807, 2.05) is 30.3 Å². The van der Waals surface area contributed by atoms with Crippen LogP contribution in [-0.4, -0.2) is 19.0 Å². The van der Waals surface area contributed by atoms with Gasteiger partial charge in [-0.15, -0.1) is 0 Å². The van der Waals surface area contributed by atoms with Crippen LogP contribution in [0.25, 0.3) is 0 Å². The quantitative estimate of drug-likeness (QED) is 0.812. The molecule has 0 aromatic heterocycles. The Morgan fingerprint density at radius 3 is 2.39 bits per heavy atom. The number of amides is 1. The van der Waals surface area contributed by atoms with E-state index in [0.29, 0.717) is 12.5 Å². The van der Waals surface area contributed by atoms with Crippen LogP contribution >= 0.6 is 0 Å². The molecule has 0 fully saturated rings. The average Bonchev–Trinajstić information content (AvgIpc) is 2.29. The number of para-hydroxylation sites is 1. The van der Waals surface area contributed by atoms with Gasteiger partial charge >= 0.3 is 0 Å². The second-order valence-corrected chi connectivity index (χ2v) is 5.66. The molecule has 0 spiro atoms. The molecule has 1 rings (SSSR count). The van der Waals surface area contributed by atoms with Gasteiger partial charge in [-0.3, -0.25) is 4.79 Å². The Kier molecular flexibility index (Phi) is 5.35. The number of carbonyl (C=O) groups is 1. The number of hydrogen-bond donors (Lipinski definition) is 2. The minimum atomic E-state index is 0.000700. The van der Waals surface area contributed by atoms with Crippen LogP contribution in [0.5, 0.6) is 0 Å². The Hall–Kier alpha value is -1.35. The minimum Gasteiger partial charge on any atom is -0.325 e. The van der Waals surface area contributed by atoms with Crippen molar-refractivity contribution in [2.45, 2.75) is 27.7 Å². The topological polar surface area (TPSA) is 41.1 Å². The van der Waals surface area contributed by atoms with Crippen LogP contribution in [0.4, 0.5) is 5.69 Å². The normalized spacial score (nSPS) is 11.6. The lowest BCUT2D eigenvalue weighted by molar-refractivity contribution is -0.115. The van der Waals surface area contributed by atoms with E-state index < -0.39 is 0 Å². The Morgan fingerprint density at radius 2 is 1.83 bits per heavy atom. The molecule has 0 heterocycles. The van der Waals surface area contributed by atoms with E-state index in [0.717, 1.165) is 12.2 Å². The van der Waals surface area contributed by atoms with Crippen molar-refractivity contribution in [3.63, 3.8) is 0 Å². The molecule has 1 aromatic rings. The zero-order chi connectivity index (χ0) is 13.6.